The Labute approximate surface area is 177 Å². The van der Waals surface area contributed by atoms with Crippen molar-refractivity contribution >= 4 is 32.2 Å². The number of nitrogens with two attached hydrogens (primary N) is 1. The highest BCUT2D eigenvalue weighted by Gasteiger charge is 2.61. The van der Waals surface area contributed by atoms with Gasteiger partial charge in [-0.15, -0.1) is 0 Å². The van der Waals surface area contributed by atoms with E-state index in [-0.39, 0.29) is 12.2 Å². The van der Waals surface area contributed by atoms with Crippen molar-refractivity contribution in [1.29, 1.82) is 0 Å². The van der Waals surface area contributed by atoms with Crippen molar-refractivity contribution in [2.45, 2.75) is 56.1 Å². The molecule has 4 N–H and O–H groups in total. The summed E-state index contributed by atoms with van der Waals surface area (Å²) in [6, 6.07) is 0. The van der Waals surface area contributed by atoms with E-state index in [1.54, 1.807) is 0 Å². The molecule has 1 saturated heterocycles. The molecule has 15 heteroatoms. The van der Waals surface area contributed by atoms with E-state index in [4.69, 9.17) is 19.7 Å². The topological polar surface area (TPSA) is 195 Å². The standard InChI is InChI=1S/C16H25N5O8P2/c1-7(2)31(25,26)29-12-11(8-4-9(8)30(22,23)24)28-16(13(12)27-3)21-6-20-10-14(17)18-5-19-15(10)21/h5-9,11-13,16H,4H2,1-3H3,(H,25,26)(H2,17,18,19)(H2,22,23,24)/p-1/t8?,9?,11-,12+,13+,16-/m1/s1. The van der Waals surface area contributed by atoms with Crippen LogP contribution in [0.3, 0.4) is 0 Å². The monoisotopic (exact) mass is 476 g/mol. The fourth-order valence-corrected chi connectivity index (χ4v) is 5.90. The summed E-state index contributed by atoms with van der Waals surface area (Å²) >= 11 is 0. The fourth-order valence-electron chi connectivity index (χ4n) is 3.89. The molecule has 2 aliphatic rings. The first-order chi connectivity index (χ1) is 14.5. The minimum Gasteiger partial charge on any atom is -0.778 e. The highest BCUT2D eigenvalue weighted by atomic mass is 31.2. The van der Waals surface area contributed by atoms with Gasteiger partial charge in [-0.2, -0.15) is 0 Å². The first kappa shape index (κ1) is 22.8. The van der Waals surface area contributed by atoms with Crippen molar-refractivity contribution in [3.05, 3.63) is 12.7 Å². The smallest absolute Gasteiger partial charge is 0.328 e. The summed E-state index contributed by atoms with van der Waals surface area (Å²) in [6.07, 6.45) is -1.01. The Balaban J connectivity index is 1.73. The molecule has 7 atom stereocenters. The largest absolute Gasteiger partial charge is 0.778 e. The van der Waals surface area contributed by atoms with E-state index in [9.17, 15) is 23.8 Å². The van der Waals surface area contributed by atoms with Crippen molar-refractivity contribution in [3.8, 4) is 0 Å². The molecule has 172 valence electrons. The van der Waals surface area contributed by atoms with E-state index >= 15 is 0 Å². The van der Waals surface area contributed by atoms with Crippen LogP contribution in [0.4, 0.5) is 5.82 Å². The zero-order chi connectivity index (χ0) is 22.7. The molecule has 1 aliphatic heterocycles. The second-order valence-corrected chi connectivity index (χ2v) is 12.2. The maximum absolute atomic E-state index is 12.5. The molecule has 0 bridgehead atoms. The van der Waals surface area contributed by atoms with Gasteiger partial charge in [0.05, 0.1) is 18.1 Å². The molecule has 4 rings (SSSR count). The Kier molecular flexibility index (Phi) is 5.77. The number of aromatic nitrogens is 4. The predicted octanol–water partition coefficient (Wildman–Crippen LogP) is 0.234. The zero-order valence-electron chi connectivity index (χ0n) is 17.0. The van der Waals surface area contributed by atoms with Gasteiger partial charge in [0.25, 0.3) is 0 Å². The van der Waals surface area contributed by atoms with Gasteiger partial charge in [-0.1, -0.05) is 13.8 Å². The molecule has 2 fully saturated rings. The molecule has 0 radical (unpaired) electrons. The Bertz CT molecular complexity index is 1070. The average Bonchev–Trinajstić information content (AvgIpc) is 3.25. The number of imidazole rings is 1. The van der Waals surface area contributed by atoms with Gasteiger partial charge in [0, 0.05) is 18.7 Å². The second kappa shape index (κ2) is 7.86. The molecule has 2 aromatic heterocycles. The minimum absolute atomic E-state index is 0.160. The third kappa shape index (κ3) is 4.05. The highest BCUT2D eigenvalue weighted by molar-refractivity contribution is 7.53. The van der Waals surface area contributed by atoms with Crippen molar-refractivity contribution in [3.63, 3.8) is 0 Å². The Morgan fingerprint density at radius 2 is 2.00 bits per heavy atom. The third-order valence-electron chi connectivity index (χ3n) is 5.72. The van der Waals surface area contributed by atoms with Crippen LogP contribution in [-0.2, 0) is 23.1 Å². The lowest BCUT2D eigenvalue weighted by Gasteiger charge is -2.34. The lowest BCUT2D eigenvalue weighted by atomic mass is 10.1. The van der Waals surface area contributed by atoms with E-state index in [1.807, 2.05) is 0 Å². The first-order valence-corrected chi connectivity index (χ1v) is 12.9. The van der Waals surface area contributed by atoms with Crippen LogP contribution in [0.25, 0.3) is 11.2 Å². The molecule has 13 nitrogen and oxygen atoms in total. The molecular weight excluding hydrogens is 452 g/mol. The van der Waals surface area contributed by atoms with E-state index in [1.165, 1.54) is 38.2 Å². The Hall–Kier alpha value is -1.43. The van der Waals surface area contributed by atoms with Crippen LogP contribution in [-0.4, -0.2) is 66.0 Å². The van der Waals surface area contributed by atoms with Gasteiger partial charge in [-0.3, -0.25) is 9.13 Å². The summed E-state index contributed by atoms with van der Waals surface area (Å²) in [5.74, 6) is -0.428. The molecule has 1 aliphatic carbocycles. The molecular formula is C16H24N5O8P2-. The van der Waals surface area contributed by atoms with Crippen LogP contribution in [0.15, 0.2) is 12.7 Å². The number of nitrogen functional groups attached to an aromatic ring is 1. The Morgan fingerprint density at radius 1 is 1.29 bits per heavy atom. The molecule has 0 amide bonds. The number of nitrogens with zero attached hydrogens (tertiary/aromatic N) is 4. The van der Waals surface area contributed by atoms with Crippen molar-refractivity contribution in [2.75, 3.05) is 12.8 Å². The normalized spacial score (nSPS) is 33.1. The van der Waals surface area contributed by atoms with Gasteiger partial charge in [0.1, 0.15) is 31.6 Å². The van der Waals surface area contributed by atoms with Crippen LogP contribution in [0.1, 0.15) is 26.5 Å². The van der Waals surface area contributed by atoms with Crippen LogP contribution >= 0.6 is 15.2 Å². The summed E-state index contributed by atoms with van der Waals surface area (Å²) in [7, 11) is -7.30. The Morgan fingerprint density at radius 3 is 2.58 bits per heavy atom. The molecule has 0 aromatic carbocycles. The van der Waals surface area contributed by atoms with Gasteiger partial charge in [-0.25, -0.2) is 15.0 Å². The van der Waals surface area contributed by atoms with Gasteiger partial charge in [0.2, 0.25) is 0 Å². The summed E-state index contributed by atoms with van der Waals surface area (Å²) in [5.41, 5.74) is 4.79. The average molecular weight is 476 g/mol. The van der Waals surface area contributed by atoms with E-state index in [0.29, 0.717) is 11.2 Å². The maximum atomic E-state index is 12.5. The van der Waals surface area contributed by atoms with Crippen LogP contribution in [0.5, 0.6) is 0 Å². The lowest BCUT2D eigenvalue weighted by molar-refractivity contribution is -0.209. The molecule has 0 spiro atoms. The molecule has 3 unspecified atom stereocenters. The number of rotatable bonds is 7. The number of ether oxygens (including phenoxy) is 2. The zero-order valence-corrected chi connectivity index (χ0v) is 18.8. The predicted molar refractivity (Wildman–Crippen MR) is 106 cm³/mol. The van der Waals surface area contributed by atoms with Crippen molar-refractivity contribution < 1.29 is 37.8 Å². The first-order valence-electron chi connectivity index (χ1n) is 9.61. The number of fused-ring (bicyclic) bond motifs is 1. The van der Waals surface area contributed by atoms with Crippen LogP contribution < -0.4 is 10.6 Å². The van der Waals surface area contributed by atoms with Crippen LogP contribution in [0, 0.1) is 5.92 Å². The fraction of sp³-hybridized carbons (Fsp3) is 0.688. The number of methoxy groups -OCH3 is 1. The number of hydrogen-bond acceptors (Lipinski definition) is 10. The molecule has 2 aromatic rings. The SMILES string of the molecule is CO[C@H]1[C@@H](OP(=O)([O-])C(C)C)[C@@H](C2CC2P(=O)(O)O)O[C@H]1n1cnc2c(N)ncnc21. The van der Waals surface area contributed by atoms with Gasteiger partial charge >= 0.3 is 7.60 Å². The number of hydrogen-bond donors (Lipinski definition) is 3. The van der Waals surface area contributed by atoms with Gasteiger partial charge < -0.3 is 39.0 Å². The van der Waals surface area contributed by atoms with E-state index in [2.05, 4.69) is 15.0 Å². The highest BCUT2D eigenvalue weighted by Crippen LogP contribution is 2.62. The molecule has 1 saturated carbocycles. The molecule has 3 heterocycles. The molecule has 31 heavy (non-hydrogen) atoms. The second-order valence-electron chi connectivity index (χ2n) is 8.03. The van der Waals surface area contributed by atoms with Gasteiger partial charge in [-0.05, 0) is 6.42 Å². The van der Waals surface area contributed by atoms with Crippen molar-refractivity contribution in [1.82, 2.24) is 19.5 Å². The maximum Gasteiger partial charge on any atom is 0.328 e. The van der Waals surface area contributed by atoms with Gasteiger partial charge in [0.15, 0.2) is 17.7 Å². The van der Waals surface area contributed by atoms with E-state index < -0.39 is 57.0 Å². The summed E-state index contributed by atoms with van der Waals surface area (Å²) in [6.45, 7) is 2.97. The quantitative estimate of drug-likeness (QED) is 0.461. The lowest BCUT2D eigenvalue weighted by Crippen LogP contribution is -2.38. The van der Waals surface area contributed by atoms with Crippen molar-refractivity contribution in [2.24, 2.45) is 5.92 Å². The summed E-state index contributed by atoms with van der Waals surface area (Å²) in [4.78, 5) is 43.9. The minimum atomic E-state index is -4.37. The van der Waals surface area contributed by atoms with E-state index in [0.717, 1.165) is 0 Å². The third-order valence-corrected chi connectivity index (χ3v) is 8.98. The summed E-state index contributed by atoms with van der Waals surface area (Å²) in [5, 5.41) is 0. The summed E-state index contributed by atoms with van der Waals surface area (Å²) < 4.78 is 43.0. The van der Waals surface area contributed by atoms with Crippen LogP contribution in [0.2, 0.25) is 0 Å². The number of anilines is 1.